The molecule has 0 fully saturated rings. The molecule has 0 unspecified atom stereocenters. The average molecular weight is 248 g/mol. The second kappa shape index (κ2) is 3.68. The van der Waals surface area contributed by atoms with E-state index in [0.29, 0.717) is 5.69 Å². The number of nitrogen functional groups attached to an aromatic ring is 1. The van der Waals surface area contributed by atoms with Gasteiger partial charge in [-0.1, -0.05) is 12.2 Å². The zero-order valence-corrected chi connectivity index (χ0v) is 10.2. The van der Waals surface area contributed by atoms with Crippen molar-refractivity contribution < 1.29 is 0 Å². The van der Waals surface area contributed by atoms with E-state index in [1.165, 1.54) is 5.56 Å². The molecule has 4 rings (SSSR count). The molecule has 0 aliphatic heterocycles. The second-order valence-corrected chi connectivity index (χ2v) is 4.66. The lowest BCUT2D eigenvalue weighted by Gasteiger charge is -2.07. The van der Waals surface area contributed by atoms with Crippen molar-refractivity contribution in [3.05, 3.63) is 54.1 Å². The third-order valence-corrected chi connectivity index (χ3v) is 3.46. The first kappa shape index (κ1) is 10.3. The van der Waals surface area contributed by atoms with E-state index in [4.69, 9.17) is 5.73 Å². The molecule has 4 heteroatoms. The van der Waals surface area contributed by atoms with Crippen molar-refractivity contribution >= 4 is 22.7 Å². The topological polar surface area (TPSA) is 56.7 Å². The Morgan fingerprint density at radius 1 is 1.11 bits per heavy atom. The molecule has 92 valence electrons. The van der Waals surface area contributed by atoms with E-state index in [1.54, 1.807) is 6.20 Å². The molecule has 0 saturated heterocycles. The Morgan fingerprint density at radius 3 is 2.89 bits per heavy atom. The number of allylic oxidation sites excluding steroid dienone is 1. The van der Waals surface area contributed by atoms with Crippen molar-refractivity contribution in [2.75, 3.05) is 5.73 Å². The van der Waals surface area contributed by atoms with E-state index >= 15 is 0 Å². The molecule has 2 N–H and O–H groups in total. The fraction of sp³-hybridized carbons (Fsp3) is 0.0667. The van der Waals surface area contributed by atoms with Gasteiger partial charge in [0.2, 0.25) is 0 Å². The van der Waals surface area contributed by atoms with Gasteiger partial charge in [0.15, 0.2) is 0 Å². The van der Waals surface area contributed by atoms with Gasteiger partial charge in [0.05, 0.1) is 23.1 Å². The van der Waals surface area contributed by atoms with Gasteiger partial charge >= 0.3 is 0 Å². The molecule has 0 bridgehead atoms. The molecule has 0 radical (unpaired) electrons. The Labute approximate surface area is 110 Å². The van der Waals surface area contributed by atoms with E-state index in [-0.39, 0.29) is 0 Å². The average Bonchev–Trinajstić information content (AvgIpc) is 3.04. The largest absolute Gasteiger partial charge is 0.397 e. The molecule has 1 aliphatic rings. The molecule has 3 aromatic rings. The molecule has 1 aliphatic carbocycles. The maximum absolute atomic E-state index is 5.69. The van der Waals surface area contributed by atoms with Gasteiger partial charge < -0.3 is 10.3 Å². The summed E-state index contributed by atoms with van der Waals surface area (Å²) in [5.41, 5.74) is 9.85. The summed E-state index contributed by atoms with van der Waals surface area (Å²) in [6.07, 6.45) is 10.8. The highest BCUT2D eigenvalue weighted by atomic mass is 15.1. The summed E-state index contributed by atoms with van der Waals surface area (Å²) in [6.45, 7) is 0. The molecule has 3 aromatic heterocycles. The van der Waals surface area contributed by atoms with Crippen molar-refractivity contribution in [2.45, 2.75) is 6.42 Å². The first-order chi connectivity index (χ1) is 9.33. The Bertz CT molecular complexity index is 797. The highest BCUT2D eigenvalue weighted by molar-refractivity contribution is 5.91. The molecule has 19 heavy (non-hydrogen) atoms. The van der Waals surface area contributed by atoms with Crippen molar-refractivity contribution in [1.82, 2.24) is 14.5 Å². The van der Waals surface area contributed by atoms with Crippen LogP contribution >= 0.6 is 0 Å². The number of aromatic nitrogens is 3. The van der Waals surface area contributed by atoms with Crippen LogP contribution in [-0.2, 0) is 6.42 Å². The number of hydrogen-bond donors (Lipinski definition) is 1. The van der Waals surface area contributed by atoms with Crippen LogP contribution in [-0.4, -0.2) is 14.5 Å². The Hall–Kier alpha value is -2.62. The fourth-order valence-electron chi connectivity index (χ4n) is 2.55. The highest BCUT2D eigenvalue weighted by Crippen LogP contribution is 2.29. The van der Waals surface area contributed by atoms with Crippen LogP contribution in [0.4, 0.5) is 5.69 Å². The molecule has 3 heterocycles. The smallest absolute Gasteiger partial charge is 0.137 e. The molecular weight excluding hydrogens is 236 g/mol. The normalized spacial score (nSPS) is 13.1. The Kier molecular flexibility index (Phi) is 2.00. The van der Waals surface area contributed by atoms with Crippen LogP contribution < -0.4 is 5.73 Å². The van der Waals surface area contributed by atoms with Crippen molar-refractivity contribution in [1.29, 1.82) is 0 Å². The number of rotatable bonds is 1. The minimum absolute atomic E-state index is 0.673. The summed E-state index contributed by atoms with van der Waals surface area (Å²) in [5, 5.41) is 1.13. The maximum Gasteiger partial charge on any atom is 0.137 e. The molecule has 0 amide bonds. The summed E-state index contributed by atoms with van der Waals surface area (Å²) in [4.78, 5) is 8.88. The number of anilines is 1. The molecule has 0 aromatic carbocycles. The third kappa shape index (κ3) is 1.46. The van der Waals surface area contributed by atoms with E-state index < -0.39 is 0 Å². The summed E-state index contributed by atoms with van der Waals surface area (Å²) in [5.74, 6) is 0.873. The van der Waals surface area contributed by atoms with Gasteiger partial charge in [-0.15, -0.1) is 0 Å². The number of hydrogen-bond acceptors (Lipinski definition) is 3. The molecule has 0 saturated carbocycles. The van der Waals surface area contributed by atoms with E-state index in [0.717, 1.165) is 28.8 Å². The van der Waals surface area contributed by atoms with Crippen LogP contribution in [0.25, 0.3) is 22.8 Å². The van der Waals surface area contributed by atoms with E-state index in [2.05, 4.69) is 32.8 Å². The zero-order chi connectivity index (χ0) is 12.8. The van der Waals surface area contributed by atoms with Gasteiger partial charge in [0.1, 0.15) is 5.82 Å². The van der Waals surface area contributed by atoms with Gasteiger partial charge in [-0.2, -0.15) is 0 Å². The SMILES string of the molecule is Nc1ccc(-n2ccc3cnc4c(c32)C=CC4)nc1. The third-order valence-electron chi connectivity index (χ3n) is 3.46. The van der Waals surface area contributed by atoms with Crippen LogP contribution in [0, 0.1) is 0 Å². The van der Waals surface area contributed by atoms with Gasteiger partial charge in [0, 0.05) is 29.8 Å². The summed E-state index contributed by atoms with van der Waals surface area (Å²) < 4.78 is 2.09. The highest BCUT2D eigenvalue weighted by Gasteiger charge is 2.14. The monoisotopic (exact) mass is 248 g/mol. The van der Waals surface area contributed by atoms with Gasteiger partial charge in [-0.3, -0.25) is 4.98 Å². The second-order valence-electron chi connectivity index (χ2n) is 4.66. The fourth-order valence-corrected chi connectivity index (χ4v) is 2.55. The first-order valence-electron chi connectivity index (χ1n) is 6.20. The van der Waals surface area contributed by atoms with Crippen molar-refractivity contribution in [3.63, 3.8) is 0 Å². The number of nitrogens with two attached hydrogens (primary N) is 1. The van der Waals surface area contributed by atoms with Crippen LogP contribution in [0.15, 0.2) is 42.9 Å². The first-order valence-corrected chi connectivity index (χ1v) is 6.20. The molecule has 0 atom stereocenters. The predicted octanol–water partition coefficient (Wildman–Crippen LogP) is 2.57. The summed E-state index contributed by atoms with van der Waals surface area (Å²) >= 11 is 0. The lowest BCUT2D eigenvalue weighted by Crippen LogP contribution is -1.99. The lowest BCUT2D eigenvalue weighted by molar-refractivity contribution is 1.04. The Balaban J connectivity index is 2.03. The van der Waals surface area contributed by atoms with E-state index in [1.807, 2.05) is 24.5 Å². The van der Waals surface area contributed by atoms with Crippen molar-refractivity contribution in [2.24, 2.45) is 0 Å². The van der Waals surface area contributed by atoms with Gasteiger partial charge in [-0.05, 0) is 18.2 Å². The molecule has 0 spiro atoms. The predicted molar refractivity (Wildman–Crippen MR) is 76.0 cm³/mol. The minimum Gasteiger partial charge on any atom is -0.397 e. The van der Waals surface area contributed by atoms with Crippen LogP contribution in [0.2, 0.25) is 0 Å². The molecular formula is C15H12N4. The standard InChI is InChI=1S/C15H12N4/c16-11-4-5-14(18-9-11)19-7-6-10-8-17-13-3-1-2-12(13)15(10)19/h1-2,4-9H,3,16H2. The number of pyridine rings is 2. The van der Waals surface area contributed by atoms with Crippen LogP contribution in [0.1, 0.15) is 11.3 Å². The van der Waals surface area contributed by atoms with E-state index in [9.17, 15) is 0 Å². The summed E-state index contributed by atoms with van der Waals surface area (Å²) in [7, 11) is 0. The Morgan fingerprint density at radius 2 is 2.05 bits per heavy atom. The molecule has 4 nitrogen and oxygen atoms in total. The number of nitrogens with zero attached hydrogens (tertiary/aromatic N) is 3. The lowest BCUT2D eigenvalue weighted by atomic mass is 10.2. The number of fused-ring (bicyclic) bond motifs is 3. The zero-order valence-electron chi connectivity index (χ0n) is 10.2. The van der Waals surface area contributed by atoms with Crippen LogP contribution in [0.3, 0.4) is 0 Å². The quantitative estimate of drug-likeness (QED) is 0.720. The van der Waals surface area contributed by atoms with Gasteiger partial charge in [0.25, 0.3) is 0 Å². The van der Waals surface area contributed by atoms with Crippen LogP contribution in [0.5, 0.6) is 0 Å². The van der Waals surface area contributed by atoms with Gasteiger partial charge in [-0.25, -0.2) is 4.98 Å². The minimum atomic E-state index is 0.673. The van der Waals surface area contributed by atoms with Crippen molar-refractivity contribution in [3.8, 4) is 5.82 Å². The summed E-state index contributed by atoms with van der Waals surface area (Å²) in [6, 6.07) is 5.86. The maximum atomic E-state index is 5.69.